The van der Waals surface area contributed by atoms with Gasteiger partial charge in [-0.05, 0) is 32.9 Å². The van der Waals surface area contributed by atoms with E-state index in [1.807, 2.05) is 18.2 Å². The molecule has 1 fully saturated rings. The van der Waals surface area contributed by atoms with Crippen LogP contribution in [0.25, 0.3) is 11.3 Å². The maximum Gasteiger partial charge on any atom is 0.225 e. The number of hydrogen-bond donors (Lipinski definition) is 2. The van der Waals surface area contributed by atoms with Crippen LogP contribution in [0.1, 0.15) is 20.8 Å². The van der Waals surface area contributed by atoms with Crippen LogP contribution >= 0.6 is 0 Å². The van der Waals surface area contributed by atoms with Crippen LogP contribution in [0.3, 0.4) is 0 Å². The second kappa shape index (κ2) is 8.42. The Kier molecular flexibility index (Phi) is 6.00. The Morgan fingerprint density at radius 2 is 1.85 bits per heavy atom. The number of rotatable bonds is 6. The number of morpholine rings is 1. The Balaban J connectivity index is 1.73. The van der Waals surface area contributed by atoms with Gasteiger partial charge in [0.25, 0.3) is 0 Å². The molecule has 1 saturated heterocycles. The molecule has 2 aromatic rings. The highest BCUT2D eigenvalue weighted by Gasteiger charge is 2.14. The lowest BCUT2D eigenvalue weighted by molar-refractivity contribution is 0.0398. The van der Waals surface area contributed by atoms with E-state index in [1.54, 1.807) is 12.4 Å². The molecule has 1 aliphatic heterocycles. The normalized spacial score (nSPS) is 15.7. The highest BCUT2D eigenvalue weighted by molar-refractivity contribution is 5.64. The zero-order valence-electron chi connectivity index (χ0n) is 15.8. The number of anilines is 2. The molecule has 2 N–H and O–H groups in total. The Labute approximate surface area is 155 Å². The lowest BCUT2D eigenvalue weighted by Gasteiger charge is -2.26. The average Bonchev–Trinajstić information content (AvgIpc) is 2.62. The largest absolute Gasteiger partial charge is 0.379 e. The molecule has 0 bridgehead atoms. The van der Waals surface area contributed by atoms with E-state index in [0.717, 1.165) is 56.5 Å². The highest BCUT2D eigenvalue weighted by atomic mass is 16.5. The van der Waals surface area contributed by atoms with Crippen LogP contribution in [0.15, 0.2) is 30.6 Å². The van der Waals surface area contributed by atoms with Gasteiger partial charge in [0.15, 0.2) is 0 Å². The van der Waals surface area contributed by atoms with Gasteiger partial charge in [-0.15, -0.1) is 0 Å². The number of pyridine rings is 1. The SMILES string of the molecule is CC(C)(C)Nc1nc(NCCN2CCOCC2)cc(-c2ccncc2)n1. The van der Waals surface area contributed by atoms with Crippen molar-refractivity contribution in [2.24, 2.45) is 0 Å². The van der Waals surface area contributed by atoms with Gasteiger partial charge in [0.1, 0.15) is 5.82 Å². The third-order valence-electron chi connectivity index (χ3n) is 4.03. The summed E-state index contributed by atoms with van der Waals surface area (Å²) < 4.78 is 5.40. The summed E-state index contributed by atoms with van der Waals surface area (Å²) in [6, 6.07) is 5.91. The predicted octanol–water partition coefficient (Wildman–Crippen LogP) is 2.49. The molecule has 140 valence electrons. The van der Waals surface area contributed by atoms with Gasteiger partial charge in [0.05, 0.1) is 18.9 Å². The number of nitrogens with one attached hydrogen (secondary N) is 2. The van der Waals surface area contributed by atoms with Gasteiger partial charge < -0.3 is 15.4 Å². The lowest BCUT2D eigenvalue weighted by atomic mass is 10.1. The molecular formula is C19H28N6O. The number of ether oxygens (including phenoxy) is 1. The topological polar surface area (TPSA) is 75.2 Å². The Hall–Kier alpha value is -2.25. The fraction of sp³-hybridized carbons (Fsp3) is 0.526. The van der Waals surface area contributed by atoms with Crippen molar-refractivity contribution < 1.29 is 4.74 Å². The monoisotopic (exact) mass is 356 g/mol. The minimum atomic E-state index is -0.109. The summed E-state index contributed by atoms with van der Waals surface area (Å²) in [4.78, 5) is 15.8. The summed E-state index contributed by atoms with van der Waals surface area (Å²) >= 11 is 0. The van der Waals surface area contributed by atoms with Crippen LogP contribution in [0.5, 0.6) is 0 Å². The first-order valence-corrected chi connectivity index (χ1v) is 9.11. The van der Waals surface area contributed by atoms with Crippen molar-refractivity contribution in [3.8, 4) is 11.3 Å². The van der Waals surface area contributed by atoms with Gasteiger partial charge in [-0.25, -0.2) is 4.98 Å². The Morgan fingerprint density at radius 3 is 2.54 bits per heavy atom. The molecule has 1 aliphatic rings. The van der Waals surface area contributed by atoms with Crippen molar-refractivity contribution in [2.45, 2.75) is 26.3 Å². The molecule has 0 radical (unpaired) electrons. The van der Waals surface area contributed by atoms with Crippen molar-refractivity contribution in [3.05, 3.63) is 30.6 Å². The fourth-order valence-electron chi connectivity index (χ4n) is 2.77. The van der Waals surface area contributed by atoms with Crippen molar-refractivity contribution in [1.29, 1.82) is 0 Å². The molecule has 0 aliphatic carbocycles. The minimum Gasteiger partial charge on any atom is -0.379 e. The second-order valence-corrected chi connectivity index (χ2v) is 7.45. The quantitative estimate of drug-likeness (QED) is 0.823. The molecule has 26 heavy (non-hydrogen) atoms. The maximum atomic E-state index is 5.40. The summed E-state index contributed by atoms with van der Waals surface area (Å²) in [6.45, 7) is 11.7. The van der Waals surface area contributed by atoms with Crippen molar-refractivity contribution >= 4 is 11.8 Å². The van der Waals surface area contributed by atoms with E-state index >= 15 is 0 Å². The van der Waals surface area contributed by atoms with Crippen LogP contribution in [-0.2, 0) is 4.74 Å². The van der Waals surface area contributed by atoms with Crippen molar-refractivity contribution in [2.75, 3.05) is 50.0 Å². The smallest absolute Gasteiger partial charge is 0.225 e. The first-order chi connectivity index (χ1) is 12.5. The van der Waals surface area contributed by atoms with Gasteiger partial charge in [-0.1, -0.05) is 0 Å². The highest BCUT2D eigenvalue weighted by Crippen LogP contribution is 2.22. The standard InChI is InChI=1S/C19H28N6O/c1-19(2,3)24-18-22-16(15-4-6-20-7-5-15)14-17(23-18)21-8-9-25-10-12-26-13-11-25/h4-7,14H,8-13H2,1-3H3,(H2,21,22,23,24). The van der Waals surface area contributed by atoms with E-state index in [1.165, 1.54) is 0 Å². The van der Waals surface area contributed by atoms with Crippen molar-refractivity contribution in [3.63, 3.8) is 0 Å². The van der Waals surface area contributed by atoms with E-state index < -0.39 is 0 Å². The average molecular weight is 356 g/mol. The van der Waals surface area contributed by atoms with Gasteiger partial charge in [0, 0.05) is 55.7 Å². The van der Waals surface area contributed by atoms with Crippen LogP contribution in [0.2, 0.25) is 0 Å². The zero-order valence-corrected chi connectivity index (χ0v) is 15.8. The Bertz CT molecular complexity index is 695. The number of aromatic nitrogens is 3. The van der Waals surface area contributed by atoms with E-state index in [2.05, 4.69) is 51.3 Å². The predicted molar refractivity (Wildman–Crippen MR) is 104 cm³/mol. The molecule has 2 aromatic heterocycles. The Morgan fingerprint density at radius 1 is 1.12 bits per heavy atom. The maximum absolute atomic E-state index is 5.40. The number of nitrogens with zero attached hydrogens (tertiary/aromatic N) is 4. The summed E-state index contributed by atoms with van der Waals surface area (Å²) in [7, 11) is 0. The molecule has 7 nitrogen and oxygen atoms in total. The van der Waals surface area contributed by atoms with Gasteiger partial charge in [0.2, 0.25) is 5.95 Å². The van der Waals surface area contributed by atoms with Crippen LogP contribution < -0.4 is 10.6 Å². The van der Waals surface area contributed by atoms with Gasteiger partial charge in [-0.2, -0.15) is 4.98 Å². The second-order valence-electron chi connectivity index (χ2n) is 7.45. The molecule has 7 heteroatoms. The number of hydrogen-bond acceptors (Lipinski definition) is 7. The van der Waals surface area contributed by atoms with Gasteiger partial charge in [-0.3, -0.25) is 9.88 Å². The third-order valence-corrected chi connectivity index (χ3v) is 4.03. The first kappa shape index (κ1) is 18.5. The molecule has 0 unspecified atom stereocenters. The van der Waals surface area contributed by atoms with Crippen molar-refractivity contribution in [1.82, 2.24) is 19.9 Å². The van der Waals surface area contributed by atoms with E-state index in [-0.39, 0.29) is 5.54 Å². The molecule has 0 spiro atoms. The van der Waals surface area contributed by atoms with Crippen LogP contribution in [0.4, 0.5) is 11.8 Å². The van der Waals surface area contributed by atoms with Crippen LogP contribution in [0, 0.1) is 0 Å². The molecule has 0 atom stereocenters. The van der Waals surface area contributed by atoms with E-state index in [4.69, 9.17) is 4.74 Å². The summed E-state index contributed by atoms with van der Waals surface area (Å²) in [6.07, 6.45) is 3.56. The minimum absolute atomic E-state index is 0.109. The molecular weight excluding hydrogens is 328 g/mol. The molecule has 3 rings (SSSR count). The van der Waals surface area contributed by atoms with E-state index in [0.29, 0.717) is 5.95 Å². The third kappa shape index (κ3) is 5.64. The molecule has 0 saturated carbocycles. The molecule has 0 aromatic carbocycles. The summed E-state index contributed by atoms with van der Waals surface area (Å²) in [5, 5.41) is 6.81. The fourth-order valence-corrected chi connectivity index (χ4v) is 2.77. The van der Waals surface area contributed by atoms with Crippen LogP contribution in [-0.4, -0.2) is 64.8 Å². The lowest BCUT2D eigenvalue weighted by Crippen LogP contribution is -2.39. The molecule has 3 heterocycles. The zero-order chi connectivity index (χ0) is 18.4. The van der Waals surface area contributed by atoms with E-state index in [9.17, 15) is 0 Å². The van der Waals surface area contributed by atoms with Gasteiger partial charge >= 0.3 is 0 Å². The molecule has 0 amide bonds. The summed E-state index contributed by atoms with van der Waals surface area (Å²) in [5.41, 5.74) is 1.79. The summed E-state index contributed by atoms with van der Waals surface area (Å²) in [5.74, 6) is 1.45. The first-order valence-electron chi connectivity index (χ1n) is 9.11.